The van der Waals surface area contributed by atoms with Crippen molar-refractivity contribution in [1.29, 1.82) is 0 Å². The highest BCUT2D eigenvalue weighted by Gasteiger charge is 2.29. The summed E-state index contributed by atoms with van der Waals surface area (Å²) in [7, 11) is -3.44. The molecule has 1 fully saturated rings. The Bertz CT molecular complexity index is 815. The average molecular weight is 394 g/mol. The minimum Gasteiger partial charge on any atom is -0.325 e. The minimum absolute atomic E-state index is 0.0474. The summed E-state index contributed by atoms with van der Waals surface area (Å²) in [5, 5.41) is 4.67. The SMILES string of the molecule is C[C@H](C(=O)Nc1ccccc1)N1CCC(NS(=O)(=O)c2cccs2)CC1. The van der Waals surface area contributed by atoms with Crippen molar-refractivity contribution >= 4 is 33.0 Å². The van der Waals surface area contributed by atoms with Gasteiger partial charge in [0, 0.05) is 24.8 Å². The summed E-state index contributed by atoms with van der Waals surface area (Å²) in [4.78, 5) is 14.5. The van der Waals surface area contributed by atoms with Crippen LogP contribution < -0.4 is 10.0 Å². The average Bonchev–Trinajstić information content (AvgIpc) is 3.18. The molecule has 6 nitrogen and oxygen atoms in total. The molecular weight excluding hydrogens is 370 g/mol. The lowest BCUT2D eigenvalue weighted by Crippen LogP contribution is -2.50. The maximum Gasteiger partial charge on any atom is 0.250 e. The monoisotopic (exact) mass is 393 g/mol. The maximum atomic E-state index is 12.4. The molecule has 0 radical (unpaired) electrons. The Morgan fingerprint density at radius 1 is 1.15 bits per heavy atom. The third-order valence-electron chi connectivity index (χ3n) is 4.58. The Balaban J connectivity index is 1.51. The topological polar surface area (TPSA) is 78.5 Å². The Morgan fingerprint density at radius 3 is 2.46 bits per heavy atom. The van der Waals surface area contributed by atoms with Crippen LogP contribution in [0.1, 0.15) is 19.8 Å². The first-order valence-corrected chi connectivity index (χ1v) is 11.0. The predicted molar refractivity (Wildman–Crippen MR) is 104 cm³/mol. The zero-order valence-electron chi connectivity index (χ0n) is 14.6. The lowest BCUT2D eigenvalue weighted by atomic mass is 10.0. The van der Waals surface area contributed by atoms with E-state index in [0.29, 0.717) is 30.1 Å². The second-order valence-electron chi connectivity index (χ2n) is 6.39. The zero-order chi connectivity index (χ0) is 18.6. The molecule has 1 saturated heterocycles. The molecule has 26 heavy (non-hydrogen) atoms. The molecule has 1 atom stereocenters. The van der Waals surface area contributed by atoms with Crippen molar-refractivity contribution < 1.29 is 13.2 Å². The van der Waals surface area contributed by atoms with Gasteiger partial charge in [-0.25, -0.2) is 13.1 Å². The zero-order valence-corrected chi connectivity index (χ0v) is 16.2. The Kier molecular flexibility index (Phi) is 6.08. The van der Waals surface area contributed by atoms with Gasteiger partial charge in [0.05, 0.1) is 6.04 Å². The van der Waals surface area contributed by atoms with Gasteiger partial charge in [-0.1, -0.05) is 24.3 Å². The third-order valence-corrected chi connectivity index (χ3v) is 7.50. The first kappa shape index (κ1) is 19.0. The number of carbonyl (C=O) groups excluding carboxylic acids is 1. The maximum absolute atomic E-state index is 12.4. The molecule has 2 heterocycles. The largest absolute Gasteiger partial charge is 0.325 e. The quantitative estimate of drug-likeness (QED) is 0.790. The summed E-state index contributed by atoms with van der Waals surface area (Å²) in [5.41, 5.74) is 0.781. The number of para-hydroxylation sites is 1. The molecule has 3 rings (SSSR count). The van der Waals surface area contributed by atoms with Crippen molar-refractivity contribution in [3.63, 3.8) is 0 Å². The highest BCUT2D eigenvalue weighted by Crippen LogP contribution is 2.20. The normalized spacial score (nSPS) is 17.7. The van der Waals surface area contributed by atoms with Gasteiger partial charge >= 0.3 is 0 Å². The van der Waals surface area contributed by atoms with E-state index in [1.165, 1.54) is 11.3 Å². The summed E-state index contributed by atoms with van der Waals surface area (Å²) in [6, 6.07) is 12.4. The standard InChI is InChI=1S/C18H23N3O3S2/c1-14(18(22)19-15-6-3-2-4-7-15)21-11-9-16(10-12-21)20-26(23,24)17-8-5-13-25-17/h2-8,13-14,16,20H,9-12H2,1H3,(H,19,22)/t14-/m1/s1. The number of amides is 1. The van der Waals surface area contributed by atoms with E-state index >= 15 is 0 Å². The van der Waals surface area contributed by atoms with Crippen molar-refractivity contribution in [2.75, 3.05) is 18.4 Å². The van der Waals surface area contributed by atoms with Crippen LogP contribution in [0.4, 0.5) is 5.69 Å². The number of hydrogen-bond donors (Lipinski definition) is 2. The van der Waals surface area contributed by atoms with E-state index in [2.05, 4.69) is 14.9 Å². The highest BCUT2D eigenvalue weighted by atomic mass is 32.2. The van der Waals surface area contributed by atoms with Crippen molar-refractivity contribution in [2.24, 2.45) is 0 Å². The first-order valence-electron chi connectivity index (χ1n) is 8.61. The van der Waals surface area contributed by atoms with E-state index in [1.807, 2.05) is 37.3 Å². The fourth-order valence-corrected chi connectivity index (χ4v) is 5.35. The number of nitrogens with zero attached hydrogens (tertiary/aromatic N) is 1. The number of benzene rings is 1. The van der Waals surface area contributed by atoms with Crippen LogP contribution in [-0.4, -0.2) is 44.4 Å². The van der Waals surface area contributed by atoms with Crippen LogP contribution in [0, 0.1) is 0 Å². The van der Waals surface area contributed by atoms with Crippen LogP contribution in [0.15, 0.2) is 52.1 Å². The molecule has 140 valence electrons. The van der Waals surface area contributed by atoms with Crippen LogP contribution >= 0.6 is 11.3 Å². The Labute approximate surface area is 158 Å². The van der Waals surface area contributed by atoms with Crippen LogP contribution in [0.5, 0.6) is 0 Å². The summed E-state index contributed by atoms with van der Waals surface area (Å²) >= 11 is 1.21. The molecule has 2 N–H and O–H groups in total. The number of anilines is 1. The Hall–Kier alpha value is -1.74. The van der Waals surface area contributed by atoms with Crippen molar-refractivity contribution in [1.82, 2.24) is 9.62 Å². The van der Waals surface area contributed by atoms with Gasteiger partial charge in [0.15, 0.2) is 0 Å². The molecule has 1 aliphatic rings. The van der Waals surface area contributed by atoms with Gasteiger partial charge < -0.3 is 5.32 Å². The van der Waals surface area contributed by atoms with Crippen molar-refractivity contribution in [2.45, 2.75) is 36.1 Å². The van der Waals surface area contributed by atoms with Gasteiger partial charge in [-0.05, 0) is 43.3 Å². The number of thiophene rings is 1. The molecular formula is C18H23N3O3S2. The number of nitrogens with one attached hydrogen (secondary N) is 2. The van der Waals surface area contributed by atoms with E-state index in [-0.39, 0.29) is 18.0 Å². The van der Waals surface area contributed by atoms with E-state index in [0.717, 1.165) is 5.69 Å². The van der Waals surface area contributed by atoms with Crippen molar-refractivity contribution in [3.8, 4) is 0 Å². The number of likely N-dealkylation sites (tertiary alicyclic amines) is 1. The van der Waals surface area contributed by atoms with E-state index in [1.54, 1.807) is 17.5 Å². The molecule has 1 aromatic heterocycles. The number of sulfonamides is 1. The number of hydrogen-bond acceptors (Lipinski definition) is 5. The number of carbonyl (C=O) groups is 1. The smallest absolute Gasteiger partial charge is 0.250 e. The van der Waals surface area contributed by atoms with Gasteiger partial charge in [0.25, 0.3) is 0 Å². The third kappa shape index (κ3) is 4.70. The number of piperidine rings is 1. The van der Waals surface area contributed by atoms with Crippen molar-refractivity contribution in [3.05, 3.63) is 47.8 Å². The summed E-state index contributed by atoms with van der Waals surface area (Å²) in [6.07, 6.45) is 1.38. The molecule has 0 spiro atoms. The van der Waals surface area contributed by atoms with Gasteiger partial charge in [-0.2, -0.15) is 0 Å². The van der Waals surface area contributed by atoms with Crippen LogP contribution in [-0.2, 0) is 14.8 Å². The number of rotatable bonds is 6. The molecule has 0 saturated carbocycles. The molecule has 0 bridgehead atoms. The highest BCUT2D eigenvalue weighted by molar-refractivity contribution is 7.91. The van der Waals surface area contributed by atoms with E-state index < -0.39 is 10.0 Å². The molecule has 8 heteroatoms. The van der Waals surface area contributed by atoms with Crippen LogP contribution in [0.25, 0.3) is 0 Å². The van der Waals surface area contributed by atoms with E-state index in [9.17, 15) is 13.2 Å². The lowest BCUT2D eigenvalue weighted by Gasteiger charge is -2.35. The summed E-state index contributed by atoms with van der Waals surface area (Å²) in [5.74, 6) is -0.0474. The fourth-order valence-electron chi connectivity index (χ4n) is 3.03. The summed E-state index contributed by atoms with van der Waals surface area (Å²) < 4.78 is 27.7. The van der Waals surface area contributed by atoms with E-state index in [4.69, 9.17) is 0 Å². The molecule has 0 unspecified atom stereocenters. The second kappa shape index (κ2) is 8.30. The molecule has 2 aromatic rings. The molecule has 1 amide bonds. The second-order valence-corrected chi connectivity index (χ2v) is 9.28. The van der Waals surface area contributed by atoms with Crippen LogP contribution in [0.2, 0.25) is 0 Å². The minimum atomic E-state index is -3.44. The van der Waals surface area contributed by atoms with Gasteiger partial charge in [-0.3, -0.25) is 9.69 Å². The van der Waals surface area contributed by atoms with Gasteiger partial charge in [0.2, 0.25) is 15.9 Å². The summed E-state index contributed by atoms with van der Waals surface area (Å²) in [6.45, 7) is 3.25. The Morgan fingerprint density at radius 2 is 1.85 bits per heavy atom. The van der Waals surface area contributed by atoms with Gasteiger partial charge in [-0.15, -0.1) is 11.3 Å². The molecule has 1 aliphatic heterocycles. The van der Waals surface area contributed by atoms with Gasteiger partial charge in [0.1, 0.15) is 4.21 Å². The first-order chi connectivity index (χ1) is 12.5. The molecule has 1 aromatic carbocycles. The predicted octanol–water partition coefficient (Wildman–Crippen LogP) is 2.52. The fraction of sp³-hybridized carbons (Fsp3) is 0.389. The molecule has 0 aliphatic carbocycles. The van der Waals surface area contributed by atoms with Crippen LogP contribution in [0.3, 0.4) is 0 Å². The lowest BCUT2D eigenvalue weighted by molar-refractivity contribution is -0.121.